The third-order valence-corrected chi connectivity index (χ3v) is 4.37. The van der Waals surface area contributed by atoms with Gasteiger partial charge in [0.15, 0.2) is 5.65 Å². The van der Waals surface area contributed by atoms with Crippen LogP contribution >= 0.6 is 0 Å². The van der Waals surface area contributed by atoms with E-state index in [1.165, 1.54) is 0 Å². The van der Waals surface area contributed by atoms with Gasteiger partial charge < -0.3 is 5.73 Å². The predicted octanol–water partition coefficient (Wildman–Crippen LogP) is 3.27. The number of nitrogens with zero attached hydrogens (tertiary/aromatic N) is 4. The van der Waals surface area contributed by atoms with Crippen LogP contribution in [-0.2, 0) is 13.5 Å². The van der Waals surface area contributed by atoms with Crippen LogP contribution in [0.3, 0.4) is 0 Å². The van der Waals surface area contributed by atoms with Gasteiger partial charge in [0.25, 0.3) is 0 Å². The number of hydrogen-bond acceptors (Lipinski definition) is 4. The molecule has 0 aliphatic carbocycles. The number of rotatable bonds is 4. The van der Waals surface area contributed by atoms with Gasteiger partial charge >= 0.3 is 0 Å². The van der Waals surface area contributed by atoms with Gasteiger partial charge in [0, 0.05) is 48.5 Å². The van der Waals surface area contributed by atoms with Crippen LogP contribution in [-0.4, -0.2) is 19.7 Å². The Labute approximate surface area is 146 Å². The molecule has 4 rings (SSSR count). The third-order valence-electron chi connectivity index (χ3n) is 4.37. The fourth-order valence-corrected chi connectivity index (χ4v) is 3.18. The standard InChI is InChI=1S/C20H19N5/c1-25-20-17(10-6-12-23-20)19(24-25)16-9-3-2-8-15(16)18(21)13-14-7-4-5-11-22-14/h2-12,18H,13,21H2,1H3. The SMILES string of the molecule is Cn1nc(-c2ccccc2C(N)Cc2ccccn2)c2cccnc21. The van der Waals surface area contributed by atoms with Crippen molar-refractivity contribution < 1.29 is 0 Å². The summed E-state index contributed by atoms with van der Waals surface area (Å²) in [6.45, 7) is 0. The number of aromatic nitrogens is 4. The molecular formula is C20H19N5. The topological polar surface area (TPSA) is 69.6 Å². The van der Waals surface area contributed by atoms with E-state index in [4.69, 9.17) is 10.8 Å². The Morgan fingerprint density at radius 1 is 0.960 bits per heavy atom. The maximum atomic E-state index is 6.53. The van der Waals surface area contributed by atoms with Gasteiger partial charge in [0.05, 0.1) is 0 Å². The zero-order chi connectivity index (χ0) is 17.2. The summed E-state index contributed by atoms with van der Waals surface area (Å²) >= 11 is 0. The monoisotopic (exact) mass is 329 g/mol. The van der Waals surface area contributed by atoms with Crippen LogP contribution in [0.4, 0.5) is 0 Å². The van der Waals surface area contributed by atoms with Crippen LogP contribution in [0.25, 0.3) is 22.3 Å². The Balaban J connectivity index is 1.79. The lowest BCUT2D eigenvalue weighted by Crippen LogP contribution is -2.15. The van der Waals surface area contributed by atoms with Crippen LogP contribution in [0.1, 0.15) is 17.3 Å². The molecule has 3 heterocycles. The summed E-state index contributed by atoms with van der Waals surface area (Å²) in [5, 5.41) is 5.72. The Bertz CT molecular complexity index is 1010. The minimum Gasteiger partial charge on any atom is -0.324 e. The fraction of sp³-hybridized carbons (Fsp3) is 0.150. The van der Waals surface area contributed by atoms with E-state index in [9.17, 15) is 0 Å². The second-order valence-corrected chi connectivity index (χ2v) is 6.07. The van der Waals surface area contributed by atoms with Crippen LogP contribution in [0.15, 0.2) is 67.0 Å². The number of hydrogen-bond donors (Lipinski definition) is 1. The predicted molar refractivity (Wildman–Crippen MR) is 98.8 cm³/mol. The molecule has 1 aromatic carbocycles. The Morgan fingerprint density at radius 3 is 2.60 bits per heavy atom. The highest BCUT2D eigenvalue weighted by Crippen LogP contribution is 2.32. The zero-order valence-electron chi connectivity index (χ0n) is 14.0. The molecule has 5 heteroatoms. The molecule has 124 valence electrons. The summed E-state index contributed by atoms with van der Waals surface area (Å²) in [7, 11) is 1.91. The zero-order valence-corrected chi connectivity index (χ0v) is 14.0. The molecule has 0 saturated heterocycles. The molecule has 0 spiro atoms. The van der Waals surface area contributed by atoms with E-state index < -0.39 is 0 Å². The average Bonchev–Trinajstić information content (AvgIpc) is 3.00. The normalized spacial score (nSPS) is 12.4. The van der Waals surface area contributed by atoms with Crippen LogP contribution in [0, 0.1) is 0 Å². The van der Waals surface area contributed by atoms with Gasteiger partial charge in [-0.2, -0.15) is 5.10 Å². The van der Waals surface area contributed by atoms with Crippen molar-refractivity contribution in [1.29, 1.82) is 0 Å². The van der Waals surface area contributed by atoms with E-state index >= 15 is 0 Å². The lowest BCUT2D eigenvalue weighted by Gasteiger charge is -2.15. The van der Waals surface area contributed by atoms with Crippen molar-refractivity contribution in [3.05, 3.63) is 78.2 Å². The Kier molecular flexibility index (Phi) is 3.99. The first-order chi connectivity index (χ1) is 12.2. The van der Waals surface area contributed by atoms with Crippen molar-refractivity contribution in [2.24, 2.45) is 12.8 Å². The molecule has 0 radical (unpaired) electrons. The van der Waals surface area contributed by atoms with Gasteiger partial charge in [-0.1, -0.05) is 30.3 Å². The molecule has 0 saturated carbocycles. The molecule has 1 unspecified atom stereocenters. The van der Waals surface area contributed by atoms with Crippen molar-refractivity contribution in [1.82, 2.24) is 19.7 Å². The Morgan fingerprint density at radius 2 is 1.76 bits per heavy atom. The smallest absolute Gasteiger partial charge is 0.158 e. The van der Waals surface area contributed by atoms with Crippen LogP contribution in [0.5, 0.6) is 0 Å². The van der Waals surface area contributed by atoms with Crippen LogP contribution < -0.4 is 5.73 Å². The van der Waals surface area contributed by atoms with E-state index in [-0.39, 0.29) is 6.04 Å². The summed E-state index contributed by atoms with van der Waals surface area (Å²) in [5.41, 5.74) is 11.4. The first-order valence-corrected chi connectivity index (χ1v) is 8.26. The highest BCUT2D eigenvalue weighted by atomic mass is 15.3. The average molecular weight is 329 g/mol. The number of fused-ring (bicyclic) bond motifs is 1. The minimum absolute atomic E-state index is 0.153. The van der Waals surface area contributed by atoms with Gasteiger partial charge in [-0.3, -0.25) is 4.98 Å². The molecule has 4 aromatic rings. The second-order valence-electron chi connectivity index (χ2n) is 6.07. The van der Waals surface area contributed by atoms with Crippen molar-refractivity contribution in [2.45, 2.75) is 12.5 Å². The number of benzene rings is 1. The van der Waals surface area contributed by atoms with Crippen LogP contribution in [0.2, 0.25) is 0 Å². The van der Waals surface area contributed by atoms with Gasteiger partial charge in [0.2, 0.25) is 0 Å². The van der Waals surface area contributed by atoms with Crippen molar-refractivity contribution in [3.8, 4) is 11.3 Å². The van der Waals surface area contributed by atoms with E-state index in [2.05, 4.69) is 22.1 Å². The lowest BCUT2D eigenvalue weighted by molar-refractivity contribution is 0.707. The van der Waals surface area contributed by atoms with Gasteiger partial charge in [0.1, 0.15) is 5.69 Å². The molecule has 3 aromatic heterocycles. The van der Waals surface area contributed by atoms with E-state index in [1.807, 2.05) is 54.2 Å². The molecule has 2 N–H and O–H groups in total. The summed E-state index contributed by atoms with van der Waals surface area (Å²) in [4.78, 5) is 8.82. The fourth-order valence-electron chi connectivity index (χ4n) is 3.18. The summed E-state index contributed by atoms with van der Waals surface area (Å²) < 4.78 is 1.81. The van der Waals surface area contributed by atoms with Crippen molar-refractivity contribution in [2.75, 3.05) is 0 Å². The lowest BCUT2D eigenvalue weighted by atomic mass is 9.94. The molecule has 0 aliphatic rings. The largest absolute Gasteiger partial charge is 0.324 e. The third kappa shape index (κ3) is 2.90. The number of pyridine rings is 2. The summed E-state index contributed by atoms with van der Waals surface area (Å²) in [6, 6.07) is 17.9. The molecule has 0 fully saturated rings. The number of aryl methyl sites for hydroxylation is 1. The molecule has 1 atom stereocenters. The molecule has 25 heavy (non-hydrogen) atoms. The highest BCUT2D eigenvalue weighted by Gasteiger charge is 2.18. The summed E-state index contributed by atoms with van der Waals surface area (Å²) in [6.07, 6.45) is 4.26. The van der Waals surface area contributed by atoms with Gasteiger partial charge in [-0.15, -0.1) is 0 Å². The second kappa shape index (κ2) is 6.45. The van der Waals surface area contributed by atoms with Crippen molar-refractivity contribution in [3.63, 3.8) is 0 Å². The number of nitrogens with two attached hydrogens (primary N) is 1. The van der Waals surface area contributed by atoms with Gasteiger partial charge in [-0.05, 0) is 29.8 Å². The van der Waals surface area contributed by atoms with E-state index in [0.29, 0.717) is 6.42 Å². The molecule has 0 amide bonds. The molecule has 5 nitrogen and oxygen atoms in total. The first kappa shape index (κ1) is 15.5. The van der Waals surface area contributed by atoms with Gasteiger partial charge in [-0.25, -0.2) is 9.67 Å². The summed E-state index contributed by atoms with van der Waals surface area (Å²) in [5.74, 6) is 0. The first-order valence-electron chi connectivity index (χ1n) is 8.26. The Hall–Kier alpha value is -3.05. The highest BCUT2D eigenvalue weighted by molar-refractivity contribution is 5.92. The minimum atomic E-state index is -0.153. The quantitative estimate of drug-likeness (QED) is 0.624. The van der Waals surface area contributed by atoms with E-state index in [0.717, 1.165) is 33.5 Å². The maximum absolute atomic E-state index is 6.53. The maximum Gasteiger partial charge on any atom is 0.158 e. The van der Waals surface area contributed by atoms with Crippen molar-refractivity contribution >= 4 is 11.0 Å². The molecule has 0 aliphatic heterocycles. The molecular weight excluding hydrogens is 310 g/mol. The van der Waals surface area contributed by atoms with E-state index in [1.54, 1.807) is 12.4 Å². The molecule has 0 bridgehead atoms.